The van der Waals surface area contributed by atoms with Crippen molar-refractivity contribution in [3.8, 4) is 0 Å². The van der Waals surface area contributed by atoms with Gasteiger partial charge in [-0.15, -0.1) is 0 Å². The van der Waals surface area contributed by atoms with Gasteiger partial charge in [-0.05, 0) is 49.2 Å². The summed E-state index contributed by atoms with van der Waals surface area (Å²) >= 11 is 0. The molecule has 34 heavy (non-hydrogen) atoms. The number of hydrogen-bond acceptors (Lipinski definition) is 4. The van der Waals surface area contributed by atoms with Crippen LogP contribution >= 0.6 is 0 Å². The number of carbonyl (C=O) groups is 1. The van der Waals surface area contributed by atoms with Crippen molar-refractivity contribution in [3.05, 3.63) is 95.1 Å². The molecular formula is C24H22F3N3O3S. The van der Waals surface area contributed by atoms with Crippen LogP contribution in [0.15, 0.2) is 82.8 Å². The summed E-state index contributed by atoms with van der Waals surface area (Å²) in [6.45, 7) is 2.93. The van der Waals surface area contributed by atoms with Crippen molar-refractivity contribution in [2.45, 2.75) is 24.9 Å². The number of nitrogens with one attached hydrogen (secondary N) is 1. The Morgan fingerprint density at radius 2 is 1.62 bits per heavy atom. The number of benzene rings is 3. The standard InChI is InChI=1S/C24H22F3N3O3S/c1-17-9-8-14-22(18(17)2)30(34(32,33)20-11-4-3-5-12-20)16-23(31)29-28-15-19-10-6-7-13-21(19)24(25,26)27/h3-15H,16H2,1-2H3,(H,29,31)/b28-15-. The van der Waals surface area contributed by atoms with Crippen LogP contribution in [0, 0.1) is 13.8 Å². The first-order valence-electron chi connectivity index (χ1n) is 10.1. The average Bonchev–Trinajstić information content (AvgIpc) is 2.80. The Hall–Kier alpha value is -3.66. The third-order valence-electron chi connectivity index (χ3n) is 5.12. The average molecular weight is 490 g/mol. The van der Waals surface area contributed by atoms with Crippen LogP contribution < -0.4 is 9.73 Å². The summed E-state index contributed by atoms with van der Waals surface area (Å²) in [6, 6.07) is 17.5. The van der Waals surface area contributed by atoms with Crippen LogP contribution in [0.4, 0.5) is 18.9 Å². The fourth-order valence-electron chi connectivity index (χ4n) is 3.23. The van der Waals surface area contributed by atoms with Gasteiger partial charge >= 0.3 is 6.18 Å². The number of halogens is 3. The van der Waals surface area contributed by atoms with Crippen LogP contribution in [-0.4, -0.2) is 27.1 Å². The molecule has 0 saturated carbocycles. The largest absolute Gasteiger partial charge is 0.417 e. The summed E-state index contributed by atoms with van der Waals surface area (Å²) in [4.78, 5) is 12.6. The molecule has 1 N–H and O–H groups in total. The summed E-state index contributed by atoms with van der Waals surface area (Å²) in [5.41, 5.74) is 2.78. The molecule has 0 aromatic heterocycles. The molecule has 0 heterocycles. The van der Waals surface area contributed by atoms with Gasteiger partial charge in [0.1, 0.15) is 6.54 Å². The molecule has 0 fully saturated rings. The topological polar surface area (TPSA) is 78.8 Å². The van der Waals surface area contributed by atoms with Gasteiger partial charge in [0.15, 0.2) is 0 Å². The van der Waals surface area contributed by atoms with Crippen molar-refractivity contribution < 1.29 is 26.4 Å². The van der Waals surface area contributed by atoms with Gasteiger partial charge in [-0.3, -0.25) is 9.10 Å². The van der Waals surface area contributed by atoms with E-state index in [1.54, 1.807) is 37.3 Å². The first-order valence-corrected chi connectivity index (χ1v) is 11.6. The van der Waals surface area contributed by atoms with E-state index in [-0.39, 0.29) is 10.5 Å². The lowest BCUT2D eigenvalue weighted by molar-refractivity contribution is -0.137. The van der Waals surface area contributed by atoms with Gasteiger partial charge in [0, 0.05) is 5.56 Å². The molecule has 3 aromatic rings. The first kappa shape index (κ1) is 25.0. The fraction of sp³-hybridized carbons (Fsp3) is 0.167. The van der Waals surface area contributed by atoms with E-state index in [0.29, 0.717) is 11.3 Å². The summed E-state index contributed by atoms with van der Waals surface area (Å²) < 4.78 is 67.1. The van der Waals surface area contributed by atoms with Crippen molar-refractivity contribution >= 4 is 27.8 Å². The maximum absolute atomic E-state index is 13.4. The Morgan fingerprint density at radius 1 is 0.971 bits per heavy atom. The predicted octanol–water partition coefficient (Wildman–Crippen LogP) is 4.67. The first-order chi connectivity index (χ1) is 16.0. The van der Waals surface area contributed by atoms with Crippen molar-refractivity contribution in [2.75, 3.05) is 10.8 Å². The van der Waals surface area contributed by atoms with Gasteiger partial charge < -0.3 is 0 Å². The molecule has 0 unspecified atom stereocenters. The molecule has 3 rings (SSSR count). The van der Waals surface area contributed by atoms with Crippen molar-refractivity contribution in [2.24, 2.45) is 5.10 Å². The van der Waals surface area contributed by atoms with Gasteiger partial charge in [0.25, 0.3) is 15.9 Å². The number of nitrogens with zero attached hydrogens (tertiary/aromatic N) is 2. The van der Waals surface area contributed by atoms with Crippen LogP contribution in [0.2, 0.25) is 0 Å². The Labute approximate surface area is 195 Å². The van der Waals surface area contributed by atoms with E-state index in [1.165, 1.54) is 30.3 Å². The molecule has 0 atom stereocenters. The van der Waals surface area contributed by atoms with E-state index in [1.807, 2.05) is 13.0 Å². The second-order valence-electron chi connectivity index (χ2n) is 7.42. The number of hydrazone groups is 1. The summed E-state index contributed by atoms with van der Waals surface area (Å²) in [5.74, 6) is -0.818. The Balaban J connectivity index is 1.89. The Kier molecular flexibility index (Phi) is 7.41. The number of rotatable bonds is 7. The number of amides is 1. The highest BCUT2D eigenvalue weighted by Crippen LogP contribution is 2.31. The summed E-state index contributed by atoms with van der Waals surface area (Å²) in [5, 5.41) is 3.61. The monoisotopic (exact) mass is 489 g/mol. The van der Waals surface area contributed by atoms with Gasteiger partial charge in [-0.25, -0.2) is 13.8 Å². The lowest BCUT2D eigenvalue weighted by Gasteiger charge is -2.26. The van der Waals surface area contributed by atoms with Gasteiger partial charge in [0.2, 0.25) is 0 Å². The second kappa shape index (κ2) is 10.1. The van der Waals surface area contributed by atoms with Crippen LogP contribution in [-0.2, 0) is 21.0 Å². The molecule has 0 bridgehead atoms. The molecule has 0 radical (unpaired) electrons. The number of carbonyl (C=O) groups excluding carboxylic acids is 1. The third-order valence-corrected chi connectivity index (χ3v) is 6.90. The second-order valence-corrected chi connectivity index (χ2v) is 9.28. The zero-order chi connectivity index (χ0) is 24.9. The molecule has 6 nitrogen and oxygen atoms in total. The Bertz CT molecular complexity index is 1310. The Morgan fingerprint density at radius 3 is 2.29 bits per heavy atom. The minimum atomic E-state index is -4.59. The highest BCUT2D eigenvalue weighted by Gasteiger charge is 2.32. The maximum Gasteiger partial charge on any atom is 0.417 e. The SMILES string of the molecule is Cc1cccc(N(CC(=O)N/N=C\c2ccccc2C(F)(F)F)S(=O)(=O)c2ccccc2)c1C. The van der Waals surface area contributed by atoms with E-state index < -0.39 is 34.2 Å². The van der Waals surface area contributed by atoms with E-state index in [9.17, 15) is 26.4 Å². The van der Waals surface area contributed by atoms with Crippen molar-refractivity contribution in [3.63, 3.8) is 0 Å². The lowest BCUT2D eigenvalue weighted by Crippen LogP contribution is -2.40. The van der Waals surface area contributed by atoms with E-state index >= 15 is 0 Å². The fourth-order valence-corrected chi connectivity index (χ4v) is 4.73. The molecule has 0 aliphatic carbocycles. The normalized spacial score (nSPS) is 12.0. The summed E-state index contributed by atoms with van der Waals surface area (Å²) in [6.07, 6.45) is -3.72. The molecule has 0 saturated heterocycles. The molecule has 0 aliphatic rings. The lowest BCUT2D eigenvalue weighted by atomic mass is 10.1. The third kappa shape index (κ3) is 5.63. The number of anilines is 1. The molecular weight excluding hydrogens is 467 g/mol. The highest BCUT2D eigenvalue weighted by molar-refractivity contribution is 7.92. The van der Waals surface area contributed by atoms with Crippen molar-refractivity contribution in [1.29, 1.82) is 0 Å². The number of aryl methyl sites for hydroxylation is 1. The molecule has 178 valence electrons. The van der Waals surface area contributed by atoms with Gasteiger partial charge in [-0.2, -0.15) is 18.3 Å². The minimum absolute atomic E-state index is 0.00804. The molecule has 10 heteroatoms. The van der Waals surface area contributed by atoms with Crippen LogP contribution in [0.1, 0.15) is 22.3 Å². The van der Waals surface area contributed by atoms with Gasteiger partial charge in [0.05, 0.1) is 22.4 Å². The summed E-state index contributed by atoms with van der Waals surface area (Å²) in [7, 11) is -4.12. The minimum Gasteiger partial charge on any atom is -0.271 e. The zero-order valence-electron chi connectivity index (χ0n) is 18.4. The number of sulfonamides is 1. The number of hydrogen-bond donors (Lipinski definition) is 1. The number of alkyl halides is 3. The van der Waals surface area contributed by atoms with E-state index in [0.717, 1.165) is 22.1 Å². The zero-order valence-corrected chi connectivity index (χ0v) is 19.2. The quantitative estimate of drug-likeness (QED) is 0.387. The molecule has 0 spiro atoms. The van der Waals surface area contributed by atoms with Gasteiger partial charge in [-0.1, -0.05) is 48.5 Å². The van der Waals surface area contributed by atoms with E-state index in [4.69, 9.17) is 0 Å². The highest BCUT2D eigenvalue weighted by atomic mass is 32.2. The van der Waals surface area contributed by atoms with Crippen LogP contribution in [0.3, 0.4) is 0 Å². The van der Waals surface area contributed by atoms with Crippen molar-refractivity contribution in [1.82, 2.24) is 5.43 Å². The predicted molar refractivity (Wildman–Crippen MR) is 124 cm³/mol. The van der Waals surface area contributed by atoms with E-state index in [2.05, 4.69) is 10.5 Å². The molecule has 3 aromatic carbocycles. The van der Waals surface area contributed by atoms with Crippen LogP contribution in [0.25, 0.3) is 0 Å². The van der Waals surface area contributed by atoms with Crippen LogP contribution in [0.5, 0.6) is 0 Å². The molecule has 1 amide bonds. The maximum atomic E-state index is 13.4. The molecule has 0 aliphatic heterocycles. The smallest absolute Gasteiger partial charge is 0.271 e.